The Morgan fingerprint density at radius 1 is 0.585 bits per heavy atom. The second-order valence-corrected chi connectivity index (χ2v) is 30.8. The van der Waals surface area contributed by atoms with Crippen molar-refractivity contribution < 1.29 is 28.2 Å². The molecule has 1 unspecified atom stereocenters. The van der Waals surface area contributed by atoms with Crippen LogP contribution >= 0.6 is 0 Å². The van der Waals surface area contributed by atoms with Crippen molar-refractivity contribution in [1.82, 2.24) is 0 Å². The van der Waals surface area contributed by atoms with Gasteiger partial charge in [-0.15, -0.1) is 0 Å². The summed E-state index contributed by atoms with van der Waals surface area (Å²) in [6.07, 6.45) is 4.14. The predicted molar refractivity (Wildman–Crippen MR) is 278 cm³/mol. The van der Waals surface area contributed by atoms with Crippen LogP contribution in [0.2, 0.25) is 33.2 Å². The molecule has 4 aromatic rings. The Morgan fingerprint density at radius 2 is 1.02 bits per heavy atom. The van der Waals surface area contributed by atoms with Gasteiger partial charge in [0.05, 0.1) is 45.2 Å². The van der Waals surface area contributed by atoms with Crippen LogP contribution in [0.25, 0.3) is 0 Å². The van der Waals surface area contributed by atoms with Crippen LogP contribution in [-0.4, -0.2) is 60.4 Å². The Bertz CT molecular complexity index is 1870. The Kier molecular flexibility index (Phi) is 20.7. The van der Waals surface area contributed by atoms with E-state index in [1.807, 2.05) is 54.6 Å². The third-order valence-electron chi connectivity index (χ3n) is 14.1. The van der Waals surface area contributed by atoms with Crippen LogP contribution in [-0.2, 0) is 30.5 Å². The van der Waals surface area contributed by atoms with Gasteiger partial charge in [0.2, 0.25) is 16.6 Å². The molecule has 65 heavy (non-hydrogen) atoms. The molecule has 4 rings (SSSR count). The molecule has 4 aromatic carbocycles. The van der Waals surface area contributed by atoms with Crippen LogP contribution in [0.1, 0.15) is 119 Å². The number of aliphatic hydroxyl groups is 1. The van der Waals surface area contributed by atoms with E-state index in [4.69, 9.17) is 23.1 Å². The highest BCUT2D eigenvalue weighted by atomic mass is 28.4. The molecule has 8 heteroatoms. The SMILES string of the molecule is COc1ccc(CO[C@@H](C(O)/C=C/COC(c2ccccc2)(c2ccccc2)c2ccccc2)[C@H](C)[C@@H](O[Si](C(C)C)(C(C)C)C(C)C)/C(C)=C\CO[Si](C(C)C)(C(C)C)C(C)C)cc1. The standard InChI is InChI=1S/C57H84O6Si2/c1-41(2)64(42(3)4,43(5)6)62-39-37-47(13)55(63-65(44(7)8,45(9)10)46(11)12)48(14)56(60-40-49-33-35-53(59-15)36-34-49)54(58)32-25-38-61-57(50-26-19-16-20-27-50,51-28-21-17-22-29-51)52-30-23-18-24-31-52/h16-37,41-46,48,54-56,58H,38-40H2,1-15H3/b32-25+,47-37-/t48-,54?,55+,56-/m1/s1. The average Bonchev–Trinajstić information content (AvgIpc) is 3.28. The Labute approximate surface area is 397 Å². The molecule has 0 aliphatic carbocycles. The lowest BCUT2D eigenvalue weighted by Gasteiger charge is -2.47. The molecule has 0 aliphatic heterocycles. The van der Waals surface area contributed by atoms with Crippen LogP contribution in [0.3, 0.4) is 0 Å². The van der Waals surface area contributed by atoms with Gasteiger partial charge in [0.25, 0.3) is 0 Å². The molecule has 0 aliphatic rings. The van der Waals surface area contributed by atoms with Crippen molar-refractivity contribution in [2.45, 2.75) is 161 Å². The molecular weight excluding hydrogens is 837 g/mol. The highest BCUT2D eigenvalue weighted by Crippen LogP contribution is 2.46. The topological polar surface area (TPSA) is 66.4 Å². The van der Waals surface area contributed by atoms with Crippen LogP contribution in [0.4, 0.5) is 0 Å². The van der Waals surface area contributed by atoms with Gasteiger partial charge in [0, 0.05) is 5.92 Å². The number of methoxy groups -OCH3 is 1. The minimum atomic E-state index is -2.43. The predicted octanol–water partition coefficient (Wildman–Crippen LogP) is 14.8. The molecule has 0 amide bonds. The summed E-state index contributed by atoms with van der Waals surface area (Å²) < 4.78 is 34.3. The Hall–Kier alpha value is -3.61. The summed E-state index contributed by atoms with van der Waals surface area (Å²) in [5.41, 5.74) is 6.81. The second-order valence-electron chi connectivity index (χ2n) is 19.9. The molecule has 356 valence electrons. The lowest BCUT2D eigenvalue weighted by atomic mass is 9.80. The first kappa shape index (κ1) is 54.0. The molecule has 0 fully saturated rings. The number of hydrogen-bond acceptors (Lipinski definition) is 6. The first-order valence-electron chi connectivity index (χ1n) is 24.3. The zero-order valence-corrected chi connectivity index (χ0v) is 44.6. The Morgan fingerprint density at radius 3 is 1.42 bits per heavy atom. The molecule has 4 atom stereocenters. The average molecular weight is 921 g/mol. The van der Waals surface area contributed by atoms with Gasteiger partial charge in [-0.3, -0.25) is 0 Å². The summed E-state index contributed by atoms with van der Waals surface area (Å²) >= 11 is 0. The second kappa shape index (κ2) is 25.0. The maximum atomic E-state index is 12.5. The molecule has 0 saturated heterocycles. The van der Waals surface area contributed by atoms with Gasteiger partial charge in [-0.2, -0.15) is 0 Å². The van der Waals surface area contributed by atoms with Gasteiger partial charge >= 0.3 is 0 Å². The smallest absolute Gasteiger partial charge is 0.201 e. The maximum absolute atomic E-state index is 12.5. The summed E-state index contributed by atoms with van der Waals surface area (Å²) in [6, 6.07) is 39.1. The summed E-state index contributed by atoms with van der Waals surface area (Å²) in [5.74, 6) is 0.542. The van der Waals surface area contributed by atoms with Crippen molar-refractivity contribution in [3.63, 3.8) is 0 Å². The molecular formula is C57H84O6Si2. The molecule has 0 heterocycles. The summed E-state index contributed by atoms with van der Waals surface area (Å²) in [7, 11) is -2.89. The fraction of sp³-hybridized carbons (Fsp3) is 0.509. The third-order valence-corrected chi connectivity index (χ3v) is 26.3. The number of benzene rings is 4. The number of aliphatic hydroxyl groups excluding tert-OH is 1. The van der Waals surface area contributed by atoms with E-state index in [1.54, 1.807) is 7.11 Å². The summed E-state index contributed by atoms with van der Waals surface area (Å²) in [4.78, 5) is 0. The van der Waals surface area contributed by atoms with Gasteiger partial charge in [-0.05, 0) is 80.1 Å². The van der Waals surface area contributed by atoms with Crippen LogP contribution < -0.4 is 4.74 Å². The Balaban J connectivity index is 1.79. The minimum Gasteiger partial charge on any atom is -0.497 e. The number of ether oxygens (including phenoxy) is 3. The summed E-state index contributed by atoms with van der Waals surface area (Å²) in [6.45, 7) is 33.5. The van der Waals surface area contributed by atoms with Crippen molar-refractivity contribution >= 4 is 16.6 Å². The molecule has 0 radical (unpaired) electrons. The van der Waals surface area contributed by atoms with Crippen LogP contribution in [0.5, 0.6) is 5.75 Å². The van der Waals surface area contributed by atoms with E-state index < -0.39 is 34.4 Å². The fourth-order valence-corrected chi connectivity index (χ4v) is 22.1. The van der Waals surface area contributed by atoms with Gasteiger partial charge in [0.1, 0.15) is 11.4 Å². The van der Waals surface area contributed by atoms with Gasteiger partial charge in [-0.1, -0.05) is 211 Å². The molecule has 6 nitrogen and oxygen atoms in total. The minimum absolute atomic E-state index is 0.239. The highest BCUT2D eigenvalue weighted by molar-refractivity contribution is 6.78. The highest BCUT2D eigenvalue weighted by Gasteiger charge is 2.49. The van der Waals surface area contributed by atoms with Gasteiger partial charge in [-0.25, -0.2) is 0 Å². The van der Waals surface area contributed by atoms with E-state index >= 15 is 0 Å². The lowest BCUT2D eigenvalue weighted by molar-refractivity contribution is -0.0773. The van der Waals surface area contributed by atoms with Crippen molar-refractivity contribution in [3.8, 4) is 5.75 Å². The first-order chi connectivity index (χ1) is 30.9. The lowest BCUT2D eigenvalue weighted by Crippen LogP contribution is -2.53. The number of hydrogen-bond donors (Lipinski definition) is 1. The molecule has 1 N–H and O–H groups in total. The van der Waals surface area contributed by atoms with E-state index in [0.717, 1.165) is 33.6 Å². The van der Waals surface area contributed by atoms with Crippen LogP contribution in [0.15, 0.2) is 139 Å². The fourth-order valence-electron chi connectivity index (χ4n) is 11.1. The third kappa shape index (κ3) is 12.7. The van der Waals surface area contributed by atoms with Gasteiger partial charge < -0.3 is 28.2 Å². The van der Waals surface area contributed by atoms with E-state index in [1.165, 1.54) is 0 Å². The quantitative estimate of drug-likeness (QED) is 0.0384. The zero-order chi connectivity index (χ0) is 48.0. The zero-order valence-electron chi connectivity index (χ0n) is 42.6. The summed E-state index contributed by atoms with van der Waals surface area (Å²) in [5, 5.41) is 12.5. The van der Waals surface area contributed by atoms with Crippen molar-refractivity contribution in [1.29, 1.82) is 0 Å². The van der Waals surface area contributed by atoms with Crippen molar-refractivity contribution in [2.24, 2.45) is 5.92 Å². The molecule has 0 saturated carbocycles. The van der Waals surface area contributed by atoms with Crippen molar-refractivity contribution in [3.05, 3.63) is 161 Å². The largest absolute Gasteiger partial charge is 0.497 e. The number of rotatable bonds is 26. The van der Waals surface area contributed by atoms with E-state index in [9.17, 15) is 5.11 Å². The van der Waals surface area contributed by atoms with Crippen LogP contribution in [0, 0.1) is 5.92 Å². The molecule has 0 spiro atoms. The van der Waals surface area contributed by atoms with E-state index in [0.29, 0.717) is 46.5 Å². The van der Waals surface area contributed by atoms with E-state index in [2.05, 4.69) is 176 Å². The van der Waals surface area contributed by atoms with E-state index in [-0.39, 0.29) is 18.6 Å². The van der Waals surface area contributed by atoms with Crippen molar-refractivity contribution in [2.75, 3.05) is 20.3 Å². The molecule has 0 bridgehead atoms. The monoisotopic (exact) mass is 921 g/mol. The van der Waals surface area contributed by atoms with Gasteiger partial charge in [0.15, 0.2) is 0 Å². The maximum Gasteiger partial charge on any atom is 0.201 e. The first-order valence-corrected chi connectivity index (χ1v) is 28.6. The normalized spacial score (nSPS) is 15.2. The molecule has 0 aromatic heterocycles.